The number of benzene rings is 1. The maximum absolute atomic E-state index is 12.9. The molecule has 0 aliphatic heterocycles. The fourth-order valence-electron chi connectivity index (χ4n) is 1.93. The summed E-state index contributed by atoms with van der Waals surface area (Å²) >= 11 is 0. The molecular formula is C13H13F6N3O2S. The van der Waals surface area contributed by atoms with Crippen LogP contribution >= 0.6 is 0 Å². The number of sulfonamides is 1. The predicted molar refractivity (Wildman–Crippen MR) is 78.8 cm³/mol. The van der Waals surface area contributed by atoms with E-state index in [1.54, 1.807) is 0 Å². The standard InChI is InChI=1S/C13H13F6N3O2S/c1-20-11-4-3-9(7-10(11)13(17,18)19)22(8-12(14,15)16)6-5-21-25(2,23)24/h3-4,7,21H,5-6,8H2,2H3. The van der Waals surface area contributed by atoms with Crippen LogP contribution in [0.2, 0.25) is 0 Å². The number of hydrogen-bond acceptors (Lipinski definition) is 3. The number of alkyl halides is 6. The summed E-state index contributed by atoms with van der Waals surface area (Å²) in [7, 11) is -3.67. The largest absolute Gasteiger partial charge is 0.407 e. The summed E-state index contributed by atoms with van der Waals surface area (Å²) in [5.41, 5.74) is -2.52. The van der Waals surface area contributed by atoms with Crippen molar-refractivity contribution >= 4 is 21.4 Å². The summed E-state index contributed by atoms with van der Waals surface area (Å²) in [4.78, 5) is 3.26. The van der Waals surface area contributed by atoms with Crippen LogP contribution in [-0.4, -0.2) is 40.5 Å². The minimum Gasteiger partial charge on any atom is -0.361 e. The smallest absolute Gasteiger partial charge is 0.361 e. The molecule has 0 aliphatic carbocycles. The lowest BCUT2D eigenvalue weighted by Crippen LogP contribution is -2.40. The summed E-state index contributed by atoms with van der Waals surface area (Å²) in [6.07, 6.45) is -8.83. The van der Waals surface area contributed by atoms with Crippen LogP contribution in [0.1, 0.15) is 5.56 Å². The Morgan fingerprint density at radius 2 is 1.80 bits per heavy atom. The average Bonchev–Trinajstić information content (AvgIpc) is 2.42. The van der Waals surface area contributed by atoms with Crippen molar-refractivity contribution < 1.29 is 34.8 Å². The number of hydrogen-bond donors (Lipinski definition) is 1. The van der Waals surface area contributed by atoms with Gasteiger partial charge in [0.25, 0.3) is 0 Å². The first-order valence-corrected chi connectivity index (χ1v) is 8.47. The predicted octanol–water partition coefficient (Wildman–Crippen LogP) is 3.17. The Balaban J connectivity index is 3.19. The molecule has 0 saturated heterocycles. The van der Waals surface area contributed by atoms with Crippen LogP contribution in [-0.2, 0) is 16.2 Å². The molecule has 0 spiro atoms. The van der Waals surface area contributed by atoms with Crippen LogP contribution in [0.25, 0.3) is 4.85 Å². The third-order valence-electron chi connectivity index (χ3n) is 2.89. The molecule has 0 bridgehead atoms. The lowest BCUT2D eigenvalue weighted by Gasteiger charge is -2.27. The molecule has 140 valence electrons. The van der Waals surface area contributed by atoms with E-state index < -0.39 is 58.9 Å². The summed E-state index contributed by atoms with van der Waals surface area (Å²) in [6.45, 7) is 4.20. The summed E-state index contributed by atoms with van der Waals surface area (Å²) < 4.78 is 101. The number of nitrogens with zero attached hydrogens (tertiary/aromatic N) is 2. The van der Waals surface area contributed by atoms with Crippen molar-refractivity contribution in [2.45, 2.75) is 12.4 Å². The highest BCUT2D eigenvalue weighted by Crippen LogP contribution is 2.39. The third-order valence-corrected chi connectivity index (χ3v) is 3.62. The minimum atomic E-state index is -4.91. The van der Waals surface area contributed by atoms with Gasteiger partial charge in [0.05, 0.1) is 18.4 Å². The van der Waals surface area contributed by atoms with Gasteiger partial charge >= 0.3 is 12.4 Å². The Morgan fingerprint density at radius 3 is 2.24 bits per heavy atom. The van der Waals surface area contributed by atoms with Gasteiger partial charge in [0.1, 0.15) is 6.54 Å². The van der Waals surface area contributed by atoms with Gasteiger partial charge in [-0.1, -0.05) is 6.07 Å². The van der Waals surface area contributed by atoms with Crippen molar-refractivity contribution in [3.63, 3.8) is 0 Å². The van der Waals surface area contributed by atoms with Crippen molar-refractivity contribution in [2.24, 2.45) is 0 Å². The van der Waals surface area contributed by atoms with Crippen LogP contribution in [0.3, 0.4) is 0 Å². The molecule has 1 aromatic rings. The first-order chi connectivity index (χ1) is 11.2. The maximum atomic E-state index is 12.9. The highest BCUT2D eigenvalue weighted by Gasteiger charge is 2.35. The Labute approximate surface area is 140 Å². The van der Waals surface area contributed by atoms with Crippen LogP contribution < -0.4 is 9.62 Å². The first-order valence-electron chi connectivity index (χ1n) is 6.58. The topological polar surface area (TPSA) is 53.8 Å². The molecule has 0 atom stereocenters. The number of halogens is 6. The fraction of sp³-hybridized carbons (Fsp3) is 0.462. The van der Waals surface area contributed by atoms with Crippen LogP contribution in [0.5, 0.6) is 0 Å². The molecule has 0 unspecified atom stereocenters. The van der Waals surface area contributed by atoms with E-state index in [0.29, 0.717) is 11.0 Å². The zero-order valence-electron chi connectivity index (χ0n) is 12.7. The van der Waals surface area contributed by atoms with Gasteiger partial charge in [-0.05, 0) is 12.1 Å². The summed E-state index contributed by atoms with van der Waals surface area (Å²) in [5.74, 6) is 0. The van der Waals surface area contributed by atoms with E-state index in [0.717, 1.165) is 18.4 Å². The van der Waals surface area contributed by atoms with E-state index in [-0.39, 0.29) is 0 Å². The lowest BCUT2D eigenvalue weighted by atomic mass is 10.1. The number of rotatable bonds is 6. The quantitative estimate of drug-likeness (QED) is 0.601. The third kappa shape index (κ3) is 7.18. The summed E-state index contributed by atoms with van der Waals surface area (Å²) in [5, 5.41) is 0. The molecular weight excluding hydrogens is 376 g/mol. The molecule has 25 heavy (non-hydrogen) atoms. The van der Waals surface area contributed by atoms with Gasteiger partial charge in [-0.2, -0.15) is 26.3 Å². The van der Waals surface area contributed by atoms with Crippen LogP contribution in [0.15, 0.2) is 18.2 Å². The Morgan fingerprint density at radius 1 is 1.20 bits per heavy atom. The molecule has 0 radical (unpaired) electrons. The van der Waals surface area contributed by atoms with E-state index in [2.05, 4.69) is 4.85 Å². The second kappa shape index (κ2) is 7.49. The van der Waals surface area contributed by atoms with Gasteiger partial charge in [-0.15, -0.1) is 0 Å². The highest BCUT2D eigenvalue weighted by molar-refractivity contribution is 7.88. The Bertz CT molecular complexity index is 752. The average molecular weight is 389 g/mol. The summed E-state index contributed by atoms with van der Waals surface area (Å²) in [6, 6.07) is 2.17. The van der Waals surface area contributed by atoms with Gasteiger partial charge < -0.3 is 4.90 Å². The number of nitrogens with one attached hydrogen (secondary N) is 1. The number of anilines is 1. The lowest BCUT2D eigenvalue weighted by molar-refractivity contribution is -0.136. The molecule has 0 amide bonds. The molecule has 1 aromatic carbocycles. The molecule has 1 rings (SSSR count). The van der Waals surface area contributed by atoms with E-state index >= 15 is 0 Å². The SMILES string of the molecule is [C-]#[N+]c1ccc(N(CCNS(C)(=O)=O)CC(F)(F)F)cc1C(F)(F)F. The first kappa shape index (κ1) is 21.0. The van der Waals surface area contributed by atoms with Crippen molar-refractivity contribution in [2.75, 3.05) is 30.8 Å². The normalized spacial score (nSPS) is 12.7. The molecule has 1 N–H and O–H groups in total. The molecule has 12 heteroatoms. The van der Waals surface area contributed by atoms with Gasteiger partial charge in [-0.25, -0.2) is 18.0 Å². The molecule has 5 nitrogen and oxygen atoms in total. The zero-order chi connectivity index (χ0) is 19.5. The molecule has 0 aromatic heterocycles. The molecule has 0 saturated carbocycles. The second-order valence-corrected chi connectivity index (χ2v) is 6.85. The monoisotopic (exact) mass is 389 g/mol. The van der Waals surface area contributed by atoms with Gasteiger partial charge in [0, 0.05) is 18.8 Å². The van der Waals surface area contributed by atoms with Crippen molar-refractivity contribution in [1.82, 2.24) is 4.72 Å². The van der Waals surface area contributed by atoms with Crippen LogP contribution in [0.4, 0.5) is 37.7 Å². The van der Waals surface area contributed by atoms with Gasteiger partial charge in [0.2, 0.25) is 10.0 Å². The molecule has 0 fully saturated rings. The van der Waals surface area contributed by atoms with Gasteiger partial charge in [-0.3, -0.25) is 0 Å². The van der Waals surface area contributed by atoms with Gasteiger partial charge in [0.15, 0.2) is 5.69 Å². The fourth-order valence-corrected chi connectivity index (χ4v) is 2.39. The van der Waals surface area contributed by atoms with Crippen molar-refractivity contribution in [3.05, 3.63) is 35.2 Å². The van der Waals surface area contributed by atoms with Crippen molar-refractivity contribution in [3.8, 4) is 0 Å². The van der Waals surface area contributed by atoms with E-state index in [1.807, 2.05) is 4.72 Å². The second-order valence-electron chi connectivity index (χ2n) is 5.01. The Kier molecular flexibility index (Phi) is 6.30. The van der Waals surface area contributed by atoms with E-state index in [4.69, 9.17) is 6.57 Å². The van der Waals surface area contributed by atoms with E-state index in [9.17, 15) is 34.8 Å². The zero-order valence-corrected chi connectivity index (χ0v) is 13.6. The molecule has 0 aliphatic rings. The highest BCUT2D eigenvalue weighted by atomic mass is 32.2. The van der Waals surface area contributed by atoms with Crippen molar-refractivity contribution in [1.29, 1.82) is 0 Å². The minimum absolute atomic E-state index is 0.424. The maximum Gasteiger partial charge on any atom is 0.407 e. The Hall–Kier alpha value is -2.00. The molecule has 0 heterocycles. The van der Waals surface area contributed by atoms with Crippen LogP contribution in [0, 0.1) is 6.57 Å². The van der Waals surface area contributed by atoms with E-state index in [1.165, 1.54) is 0 Å².